The van der Waals surface area contributed by atoms with Crippen molar-refractivity contribution in [1.29, 1.82) is 0 Å². The largest absolute Gasteiger partial charge is 0.497 e. The lowest BCUT2D eigenvalue weighted by Crippen LogP contribution is -2.30. The number of aromatic nitrogens is 2. The van der Waals surface area contributed by atoms with Gasteiger partial charge in [-0.05, 0) is 60.7 Å². The van der Waals surface area contributed by atoms with Crippen LogP contribution in [0.1, 0.15) is 0 Å². The predicted molar refractivity (Wildman–Crippen MR) is 129 cm³/mol. The Morgan fingerprint density at radius 1 is 0.882 bits per heavy atom. The van der Waals surface area contributed by atoms with E-state index in [9.17, 15) is 13.2 Å². The van der Waals surface area contributed by atoms with Gasteiger partial charge in [0, 0.05) is 24.7 Å². The molecule has 0 aliphatic heterocycles. The summed E-state index contributed by atoms with van der Waals surface area (Å²) in [5.74, 6) is 1.90. The molecular weight excluding hydrogens is 454 g/mol. The summed E-state index contributed by atoms with van der Waals surface area (Å²) in [4.78, 5) is 16.9. The third-order valence-corrected chi connectivity index (χ3v) is 6.50. The Morgan fingerprint density at radius 3 is 2.18 bits per heavy atom. The van der Waals surface area contributed by atoms with Crippen LogP contribution in [-0.2, 0) is 16.6 Å². The van der Waals surface area contributed by atoms with Crippen LogP contribution in [0.2, 0.25) is 0 Å². The van der Waals surface area contributed by atoms with E-state index in [1.807, 2.05) is 42.5 Å². The number of nitrogens with one attached hydrogen (secondary N) is 1. The molecule has 1 heterocycles. The average molecular weight is 478 g/mol. The van der Waals surface area contributed by atoms with E-state index in [4.69, 9.17) is 9.47 Å². The maximum Gasteiger partial charge on any atom is 0.253 e. The van der Waals surface area contributed by atoms with Crippen LogP contribution in [0.15, 0.2) is 101 Å². The van der Waals surface area contributed by atoms with Crippen LogP contribution in [0.5, 0.6) is 17.2 Å². The Hall–Kier alpha value is -3.95. The van der Waals surface area contributed by atoms with E-state index in [1.165, 1.54) is 29.1 Å². The second-order valence-electron chi connectivity index (χ2n) is 7.32. The maximum absolute atomic E-state index is 12.6. The first kappa shape index (κ1) is 23.2. The fraction of sp³-hybridized carbons (Fsp3) is 0.120. The maximum atomic E-state index is 12.6. The van der Waals surface area contributed by atoms with Crippen molar-refractivity contribution in [3.8, 4) is 28.5 Å². The normalized spacial score (nSPS) is 11.2. The van der Waals surface area contributed by atoms with Crippen LogP contribution >= 0.6 is 0 Å². The number of rotatable bonds is 9. The minimum absolute atomic E-state index is 0.0358. The summed E-state index contributed by atoms with van der Waals surface area (Å²) in [7, 11) is -2.16. The molecule has 34 heavy (non-hydrogen) atoms. The highest BCUT2D eigenvalue weighted by molar-refractivity contribution is 7.89. The number of hydrogen-bond donors (Lipinski definition) is 1. The molecule has 8 nitrogen and oxygen atoms in total. The second-order valence-corrected chi connectivity index (χ2v) is 9.09. The van der Waals surface area contributed by atoms with E-state index in [0.29, 0.717) is 22.9 Å². The molecule has 4 rings (SSSR count). The Kier molecular flexibility index (Phi) is 7.05. The molecule has 0 aliphatic carbocycles. The second kappa shape index (κ2) is 10.3. The van der Waals surface area contributed by atoms with Gasteiger partial charge in [0.25, 0.3) is 5.56 Å². The van der Waals surface area contributed by atoms with Crippen molar-refractivity contribution in [2.24, 2.45) is 0 Å². The number of hydrogen-bond acceptors (Lipinski definition) is 6. The van der Waals surface area contributed by atoms with Gasteiger partial charge in [0.05, 0.1) is 24.0 Å². The molecular formula is C25H23N3O5S. The van der Waals surface area contributed by atoms with Gasteiger partial charge in [-0.2, -0.15) is 0 Å². The minimum atomic E-state index is -3.74. The van der Waals surface area contributed by atoms with Crippen LogP contribution in [0, 0.1) is 0 Å². The molecule has 0 unspecified atom stereocenters. The van der Waals surface area contributed by atoms with E-state index in [-0.39, 0.29) is 23.5 Å². The van der Waals surface area contributed by atoms with Crippen LogP contribution < -0.4 is 19.8 Å². The summed E-state index contributed by atoms with van der Waals surface area (Å²) in [6, 6.07) is 24.0. The number of para-hydroxylation sites is 1. The monoisotopic (exact) mass is 477 g/mol. The lowest BCUT2D eigenvalue weighted by Gasteiger charge is -2.10. The van der Waals surface area contributed by atoms with Crippen molar-refractivity contribution >= 4 is 10.0 Å². The molecule has 1 aromatic heterocycles. The van der Waals surface area contributed by atoms with Gasteiger partial charge in [-0.25, -0.2) is 18.1 Å². The zero-order valence-electron chi connectivity index (χ0n) is 18.4. The number of sulfonamides is 1. The van der Waals surface area contributed by atoms with E-state index in [2.05, 4.69) is 9.71 Å². The quantitative estimate of drug-likeness (QED) is 0.395. The number of ether oxygens (including phenoxy) is 2. The van der Waals surface area contributed by atoms with Crippen molar-refractivity contribution in [1.82, 2.24) is 14.3 Å². The Morgan fingerprint density at radius 2 is 1.53 bits per heavy atom. The SMILES string of the molecule is COc1ccc(-c2cc(=O)n(CCNS(=O)(=O)c3ccc(Oc4ccccc4)cc3)cn2)cc1. The summed E-state index contributed by atoms with van der Waals surface area (Å²) >= 11 is 0. The van der Waals surface area contributed by atoms with Crippen LogP contribution in [0.25, 0.3) is 11.3 Å². The van der Waals surface area contributed by atoms with Crippen LogP contribution in [0.3, 0.4) is 0 Å². The topological polar surface area (TPSA) is 99.5 Å². The van der Waals surface area contributed by atoms with Gasteiger partial charge in [-0.3, -0.25) is 9.36 Å². The molecule has 0 saturated carbocycles. The van der Waals surface area contributed by atoms with Gasteiger partial charge < -0.3 is 9.47 Å². The average Bonchev–Trinajstić information content (AvgIpc) is 2.86. The van der Waals surface area contributed by atoms with Crippen molar-refractivity contribution in [2.45, 2.75) is 11.4 Å². The third-order valence-electron chi connectivity index (χ3n) is 5.02. The van der Waals surface area contributed by atoms with Gasteiger partial charge in [-0.15, -0.1) is 0 Å². The van der Waals surface area contributed by atoms with Gasteiger partial charge in [-0.1, -0.05) is 18.2 Å². The van der Waals surface area contributed by atoms with E-state index in [1.54, 1.807) is 31.4 Å². The van der Waals surface area contributed by atoms with Crippen molar-refractivity contribution < 1.29 is 17.9 Å². The molecule has 0 radical (unpaired) electrons. The highest BCUT2D eigenvalue weighted by Crippen LogP contribution is 2.22. The van der Waals surface area contributed by atoms with Gasteiger partial charge in [0.2, 0.25) is 10.0 Å². The number of methoxy groups -OCH3 is 1. The zero-order chi connectivity index (χ0) is 24.0. The Bertz CT molecular complexity index is 1400. The standard InChI is InChI=1S/C25H23N3O5S/c1-32-20-9-7-19(8-10-20)24-17-25(29)28(18-26-24)16-15-27-34(30,31)23-13-11-22(12-14-23)33-21-5-3-2-4-6-21/h2-14,17-18,27H,15-16H2,1H3. The lowest BCUT2D eigenvalue weighted by atomic mass is 10.1. The number of nitrogens with zero attached hydrogens (tertiary/aromatic N) is 2. The molecule has 0 bridgehead atoms. The molecule has 0 atom stereocenters. The van der Waals surface area contributed by atoms with Crippen molar-refractivity contribution in [3.05, 3.63) is 102 Å². The molecule has 9 heteroatoms. The Balaban J connectivity index is 1.36. The van der Waals surface area contributed by atoms with Crippen LogP contribution in [-0.4, -0.2) is 31.6 Å². The highest BCUT2D eigenvalue weighted by atomic mass is 32.2. The molecule has 0 fully saturated rings. The molecule has 0 saturated heterocycles. The first-order valence-electron chi connectivity index (χ1n) is 10.5. The van der Waals surface area contributed by atoms with Crippen molar-refractivity contribution in [3.63, 3.8) is 0 Å². The molecule has 0 aliphatic rings. The smallest absolute Gasteiger partial charge is 0.253 e. The minimum Gasteiger partial charge on any atom is -0.497 e. The first-order valence-corrected chi connectivity index (χ1v) is 12.0. The Labute approximate surface area is 197 Å². The van der Waals surface area contributed by atoms with Crippen LogP contribution in [0.4, 0.5) is 0 Å². The molecule has 0 spiro atoms. The van der Waals surface area contributed by atoms with E-state index < -0.39 is 10.0 Å². The first-order chi connectivity index (χ1) is 16.4. The van der Waals surface area contributed by atoms with Gasteiger partial charge in [0.1, 0.15) is 17.2 Å². The summed E-state index contributed by atoms with van der Waals surface area (Å²) in [6.45, 7) is 0.178. The van der Waals surface area contributed by atoms with Gasteiger partial charge in [0.15, 0.2) is 0 Å². The summed E-state index contributed by atoms with van der Waals surface area (Å²) in [5, 5.41) is 0. The highest BCUT2D eigenvalue weighted by Gasteiger charge is 2.14. The van der Waals surface area contributed by atoms with Crippen molar-refractivity contribution in [2.75, 3.05) is 13.7 Å². The predicted octanol–water partition coefficient (Wildman–Crippen LogP) is 3.69. The summed E-state index contributed by atoms with van der Waals surface area (Å²) < 4.78 is 39.9. The lowest BCUT2D eigenvalue weighted by molar-refractivity contribution is 0.415. The molecule has 4 aromatic rings. The summed E-state index contributed by atoms with van der Waals surface area (Å²) in [6.07, 6.45) is 1.41. The molecule has 0 amide bonds. The number of benzene rings is 3. The molecule has 3 aromatic carbocycles. The summed E-state index contributed by atoms with van der Waals surface area (Å²) in [5.41, 5.74) is 1.04. The van der Waals surface area contributed by atoms with E-state index >= 15 is 0 Å². The molecule has 174 valence electrons. The zero-order valence-corrected chi connectivity index (χ0v) is 19.2. The van der Waals surface area contributed by atoms with E-state index in [0.717, 1.165) is 5.56 Å². The molecule has 1 N–H and O–H groups in total. The third kappa shape index (κ3) is 5.69. The van der Waals surface area contributed by atoms with Gasteiger partial charge >= 0.3 is 0 Å². The fourth-order valence-corrected chi connectivity index (χ4v) is 4.23. The fourth-order valence-electron chi connectivity index (χ4n) is 3.21.